The number of rotatable bonds is 4. The Morgan fingerprint density at radius 1 is 1.00 bits per heavy atom. The molecule has 0 aliphatic carbocycles. The molecule has 20 heavy (non-hydrogen) atoms. The van der Waals surface area contributed by atoms with E-state index in [4.69, 9.17) is 0 Å². The van der Waals surface area contributed by atoms with Crippen molar-refractivity contribution in [2.75, 3.05) is 13.2 Å². The number of hydrogen-bond donors (Lipinski definition) is 2. The molecule has 0 aromatic heterocycles. The monoisotopic (exact) mass is 277 g/mol. The van der Waals surface area contributed by atoms with E-state index >= 15 is 0 Å². The fourth-order valence-electron chi connectivity index (χ4n) is 2.68. The smallest absolute Gasteiger partial charge is 0.262 e. The number of carbonyl (C=O) groups excluding carboxylic acids is 2. The first-order chi connectivity index (χ1) is 9.43. The summed E-state index contributed by atoms with van der Waals surface area (Å²) in [6, 6.07) is 3.60. The van der Waals surface area contributed by atoms with E-state index in [0.29, 0.717) is 17.5 Å². The number of benzene rings is 1. The van der Waals surface area contributed by atoms with Crippen molar-refractivity contribution in [3.63, 3.8) is 0 Å². The van der Waals surface area contributed by atoms with Crippen molar-refractivity contribution in [2.24, 2.45) is 0 Å². The molecule has 2 rings (SSSR count). The molecule has 1 aromatic carbocycles. The van der Waals surface area contributed by atoms with Gasteiger partial charge in [0.05, 0.1) is 29.9 Å². The van der Waals surface area contributed by atoms with Crippen molar-refractivity contribution < 1.29 is 19.8 Å². The van der Waals surface area contributed by atoms with Gasteiger partial charge in [0.25, 0.3) is 11.8 Å². The number of aliphatic hydroxyl groups is 2. The lowest BCUT2D eigenvalue weighted by Crippen LogP contribution is -2.56. The third-order valence-corrected chi connectivity index (χ3v) is 4.18. The van der Waals surface area contributed by atoms with E-state index in [2.05, 4.69) is 0 Å². The van der Waals surface area contributed by atoms with Gasteiger partial charge in [0.15, 0.2) is 0 Å². The highest BCUT2D eigenvalue weighted by molar-refractivity contribution is 6.23. The number of aliphatic hydroxyl groups excluding tert-OH is 2. The molecule has 5 nitrogen and oxygen atoms in total. The Bertz CT molecular complexity index is 526. The molecule has 0 unspecified atom stereocenters. The number of hydrogen-bond acceptors (Lipinski definition) is 4. The zero-order valence-electron chi connectivity index (χ0n) is 11.9. The first-order valence-corrected chi connectivity index (χ1v) is 6.64. The normalized spacial score (nSPS) is 14.9. The lowest BCUT2D eigenvalue weighted by Gasteiger charge is -2.36. The Kier molecular flexibility index (Phi) is 3.67. The third-order valence-electron chi connectivity index (χ3n) is 4.18. The average molecular weight is 277 g/mol. The van der Waals surface area contributed by atoms with Crippen LogP contribution in [-0.2, 0) is 0 Å². The third kappa shape index (κ3) is 1.77. The van der Waals surface area contributed by atoms with Gasteiger partial charge in [0.1, 0.15) is 0 Å². The van der Waals surface area contributed by atoms with E-state index in [-0.39, 0.29) is 0 Å². The minimum atomic E-state index is -1.24. The molecule has 0 atom stereocenters. The minimum Gasteiger partial charge on any atom is -0.394 e. The molecule has 2 amide bonds. The molecular weight excluding hydrogens is 258 g/mol. The van der Waals surface area contributed by atoms with Gasteiger partial charge in [-0.3, -0.25) is 14.5 Å². The lowest BCUT2D eigenvalue weighted by molar-refractivity contribution is 0.000294. The van der Waals surface area contributed by atoms with Crippen molar-refractivity contribution in [3.05, 3.63) is 34.4 Å². The molecule has 1 aliphatic heterocycles. The molecule has 1 aliphatic rings. The van der Waals surface area contributed by atoms with Crippen LogP contribution in [0.5, 0.6) is 0 Å². The first-order valence-electron chi connectivity index (χ1n) is 6.64. The SMILES string of the molecule is CCC(CO)(CO)N1C(=O)c2c(C)ccc(C)c2C1=O. The average Bonchev–Trinajstić information content (AvgIpc) is 2.72. The Hall–Kier alpha value is -1.72. The molecule has 5 heteroatoms. The maximum absolute atomic E-state index is 12.6. The predicted molar refractivity (Wildman–Crippen MR) is 73.6 cm³/mol. The van der Waals surface area contributed by atoms with Gasteiger partial charge in [0, 0.05) is 0 Å². The Morgan fingerprint density at radius 3 is 1.70 bits per heavy atom. The highest BCUT2D eigenvalue weighted by Crippen LogP contribution is 2.34. The second kappa shape index (κ2) is 5.00. The molecule has 2 N–H and O–H groups in total. The van der Waals surface area contributed by atoms with E-state index in [1.165, 1.54) is 0 Å². The number of fused-ring (bicyclic) bond motifs is 1. The highest BCUT2D eigenvalue weighted by atomic mass is 16.3. The molecule has 0 bridgehead atoms. The van der Waals surface area contributed by atoms with Crippen LogP contribution in [0, 0.1) is 13.8 Å². The summed E-state index contributed by atoms with van der Waals surface area (Å²) in [6.07, 6.45) is 0.295. The zero-order chi connectivity index (χ0) is 15.1. The second-order valence-electron chi connectivity index (χ2n) is 5.29. The Balaban J connectivity index is 2.64. The molecule has 0 radical (unpaired) electrons. The van der Waals surface area contributed by atoms with Gasteiger partial charge < -0.3 is 10.2 Å². The summed E-state index contributed by atoms with van der Waals surface area (Å²) in [5.41, 5.74) is 0.982. The van der Waals surface area contributed by atoms with Gasteiger partial charge in [-0.2, -0.15) is 0 Å². The first kappa shape index (κ1) is 14.7. The van der Waals surface area contributed by atoms with Crippen molar-refractivity contribution in [1.29, 1.82) is 0 Å². The Morgan fingerprint density at radius 2 is 1.40 bits per heavy atom. The summed E-state index contributed by atoms with van der Waals surface area (Å²) in [5, 5.41) is 19.2. The topological polar surface area (TPSA) is 77.8 Å². The second-order valence-corrected chi connectivity index (χ2v) is 5.29. The van der Waals surface area contributed by atoms with Crippen molar-refractivity contribution in [1.82, 2.24) is 4.90 Å². The largest absolute Gasteiger partial charge is 0.394 e. The van der Waals surface area contributed by atoms with Gasteiger partial charge >= 0.3 is 0 Å². The van der Waals surface area contributed by atoms with Gasteiger partial charge in [-0.25, -0.2) is 0 Å². The van der Waals surface area contributed by atoms with Crippen molar-refractivity contribution in [3.8, 4) is 0 Å². The van der Waals surface area contributed by atoms with Gasteiger partial charge in [-0.1, -0.05) is 19.1 Å². The summed E-state index contributed by atoms with van der Waals surface area (Å²) in [4.78, 5) is 26.2. The van der Waals surface area contributed by atoms with Crippen LogP contribution in [0.2, 0.25) is 0 Å². The van der Waals surface area contributed by atoms with Gasteiger partial charge in [-0.05, 0) is 31.4 Å². The minimum absolute atomic E-state index is 0.295. The molecule has 1 aromatic rings. The summed E-state index contributed by atoms with van der Waals surface area (Å²) < 4.78 is 0. The van der Waals surface area contributed by atoms with E-state index in [1.54, 1.807) is 32.9 Å². The summed E-state index contributed by atoms with van der Waals surface area (Å²) in [6.45, 7) is 4.37. The number of nitrogens with zero attached hydrogens (tertiary/aromatic N) is 1. The predicted octanol–water partition coefficient (Wildman–Crippen LogP) is 1.03. The van der Waals surface area contributed by atoms with Crippen LogP contribution in [0.4, 0.5) is 0 Å². The molecule has 0 saturated carbocycles. The van der Waals surface area contributed by atoms with Gasteiger partial charge in [-0.15, -0.1) is 0 Å². The number of aryl methyl sites for hydroxylation is 2. The maximum atomic E-state index is 12.6. The highest BCUT2D eigenvalue weighted by Gasteiger charge is 2.48. The fourth-order valence-corrected chi connectivity index (χ4v) is 2.68. The number of imide groups is 1. The van der Waals surface area contributed by atoms with Crippen molar-refractivity contribution in [2.45, 2.75) is 32.7 Å². The van der Waals surface area contributed by atoms with E-state index in [0.717, 1.165) is 16.0 Å². The van der Waals surface area contributed by atoms with Gasteiger partial charge in [0.2, 0.25) is 0 Å². The molecule has 1 heterocycles. The number of amides is 2. The quantitative estimate of drug-likeness (QED) is 0.806. The summed E-state index contributed by atoms with van der Waals surface area (Å²) in [7, 11) is 0. The standard InChI is InChI=1S/C15H19NO4/c1-4-15(7-17,8-18)16-13(19)11-9(2)5-6-10(3)12(11)14(16)20/h5-6,17-18H,4,7-8H2,1-3H3. The maximum Gasteiger partial charge on any atom is 0.262 e. The van der Waals surface area contributed by atoms with E-state index in [1.807, 2.05) is 0 Å². The van der Waals surface area contributed by atoms with Crippen molar-refractivity contribution >= 4 is 11.8 Å². The van der Waals surface area contributed by atoms with E-state index < -0.39 is 30.6 Å². The number of carbonyl (C=O) groups is 2. The van der Waals surface area contributed by atoms with Crippen LogP contribution in [0.1, 0.15) is 45.2 Å². The van der Waals surface area contributed by atoms with Crippen LogP contribution < -0.4 is 0 Å². The molecule has 0 saturated heterocycles. The zero-order valence-corrected chi connectivity index (χ0v) is 11.9. The van der Waals surface area contributed by atoms with E-state index in [9.17, 15) is 19.8 Å². The summed E-state index contributed by atoms with van der Waals surface area (Å²) in [5.74, 6) is -0.868. The molecule has 0 spiro atoms. The Labute approximate surface area is 117 Å². The molecular formula is C15H19NO4. The van der Waals surface area contributed by atoms with Crippen LogP contribution in [0.3, 0.4) is 0 Å². The van der Waals surface area contributed by atoms with Crippen LogP contribution in [0.25, 0.3) is 0 Å². The summed E-state index contributed by atoms with van der Waals surface area (Å²) >= 11 is 0. The van der Waals surface area contributed by atoms with Crippen LogP contribution >= 0.6 is 0 Å². The lowest BCUT2D eigenvalue weighted by atomic mass is 9.96. The molecule has 108 valence electrons. The molecule has 0 fully saturated rings. The van der Waals surface area contributed by atoms with Crippen LogP contribution in [0.15, 0.2) is 12.1 Å². The van der Waals surface area contributed by atoms with Crippen LogP contribution in [-0.4, -0.2) is 45.7 Å². The fraction of sp³-hybridized carbons (Fsp3) is 0.467.